The number of alkyl halides is 3. The van der Waals surface area contributed by atoms with Crippen molar-refractivity contribution in [1.82, 2.24) is 0 Å². The summed E-state index contributed by atoms with van der Waals surface area (Å²) in [7, 11) is 0. The summed E-state index contributed by atoms with van der Waals surface area (Å²) in [6, 6.07) is -0.286. The van der Waals surface area contributed by atoms with Gasteiger partial charge in [0.1, 0.15) is 0 Å². The predicted molar refractivity (Wildman–Crippen MR) is 46.7 cm³/mol. The Kier molecular flexibility index (Phi) is 1.98. The summed E-state index contributed by atoms with van der Waals surface area (Å²) in [5, 5.41) is 0. The number of allylic oxidation sites excluding steroid dienone is 2. The third-order valence-corrected chi connectivity index (χ3v) is 2.89. The predicted octanol–water partition coefficient (Wildman–Crippen LogP) is 2.91. The Bertz CT molecular complexity index is 314. The fraction of sp³-hybridized carbons (Fsp3) is 0.375. The minimum Gasteiger partial charge on any atom is -0.277 e. The van der Waals surface area contributed by atoms with Crippen LogP contribution in [0.2, 0.25) is 0 Å². The van der Waals surface area contributed by atoms with Crippen molar-refractivity contribution in [3.63, 3.8) is 0 Å². The summed E-state index contributed by atoms with van der Waals surface area (Å²) in [6.45, 7) is 0. The largest absolute Gasteiger partial charge is 0.412 e. The summed E-state index contributed by atoms with van der Waals surface area (Å²) in [5.41, 5.74) is 1.12. The molecule has 0 saturated heterocycles. The molecule has 1 atom stereocenters. The van der Waals surface area contributed by atoms with E-state index in [1.54, 1.807) is 5.55 Å². The average molecular weight is 205 g/mol. The van der Waals surface area contributed by atoms with Crippen LogP contribution in [0.15, 0.2) is 27.6 Å². The van der Waals surface area contributed by atoms with Gasteiger partial charge in [-0.05, 0) is 6.08 Å². The van der Waals surface area contributed by atoms with Gasteiger partial charge >= 0.3 is 6.18 Å². The van der Waals surface area contributed by atoms with E-state index in [2.05, 4.69) is 4.99 Å². The SMILES string of the molecule is FC(F)(F)C1=CC=C2SC=NC2C1. The third kappa shape index (κ3) is 1.65. The van der Waals surface area contributed by atoms with Gasteiger partial charge in [-0.25, -0.2) is 0 Å². The summed E-state index contributed by atoms with van der Waals surface area (Å²) in [6.07, 6.45) is -1.56. The Morgan fingerprint density at radius 3 is 2.85 bits per heavy atom. The van der Waals surface area contributed by atoms with Gasteiger partial charge < -0.3 is 0 Å². The van der Waals surface area contributed by atoms with E-state index in [0.29, 0.717) is 0 Å². The second-order valence-corrected chi connectivity index (χ2v) is 3.77. The number of hydrogen-bond acceptors (Lipinski definition) is 2. The lowest BCUT2D eigenvalue weighted by Crippen LogP contribution is -2.19. The molecule has 0 spiro atoms. The Balaban J connectivity index is 2.23. The average Bonchev–Trinajstić information content (AvgIpc) is 2.47. The lowest BCUT2D eigenvalue weighted by atomic mass is 10.0. The van der Waals surface area contributed by atoms with Crippen LogP contribution in [0.1, 0.15) is 6.42 Å². The minimum absolute atomic E-state index is 0.0150. The molecule has 70 valence electrons. The number of aliphatic imine (C=N–C) groups is 1. The second kappa shape index (κ2) is 2.90. The Morgan fingerprint density at radius 1 is 1.38 bits per heavy atom. The van der Waals surface area contributed by atoms with E-state index in [0.717, 1.165) is 11.0 Å². The highest BCUT2D eigenvalue weighted by molar-refractivity contribution is 8.15. The van der Waals surface area contributed by atoms with Crippen molar-refractivity contribution in [2.75, 3.05) is 0 Å². The zero-order chi connectivity index (χ0) is 9.47. The molecule has 1 aliphatic heterocycles. The van der Waals surface area contributed by atoms with Crippen LogP contribution in [0.5, 0.6) is 0 Å². The standard InChI is InChI=1S/C8H6F3NS/c9-8(10,11)5-1-2-7-6(3-5)12-4-13-7/h1-2,4,6H,3H2. The van der Waals surface area contributed by atoms with E-state index in [1.165, 1.54) is 17.8 Å². The second-order valence-electron chi connectivity index (χ2n) is 2.85. The number of thioether (sulfide) groups is 1. The van der Waals surface area contributed by atoms with Gasteiger partial charge in [0, 0.05) is 16.9 Å². The molecule has 13 heavy (non-hydrogen) atoms. The highest BCUT2D eigenvalue weighted by atomic mass is 32.2. The smallest absolute Gasteiger partial charge is 0.277 e. The number of rotatable bonds is 0. The van der Waals surface area contributed by atoms with Crippen LogP contribution in [0, 0.1) is 0 Å². The first kappa shape index (κ1) is 8.87. The van der Waals surface area contributed by atoms with Gasteiger partial charge in [-0.3, -0.25) is 4.99 Å². The molecule has 5 heteroatoms. The summed E-state index contributed by atoms with van der Waals surface area (Å²) >= 11 is 1.40. The molecule has 0 aromatic carbocycles. The lowest BCUT2D eigenvalue weighted by molar-refractivity contribution is -0.0943. The molecule has 0 aromatic rings. The first-order valence-electron chi connectivity index (χ1n) is 3.73. The van der Waals surface area contributed by atoms with Crippen LogP contribution in [-0.4, -0.2) is 17.8 Å². The van der Waals surface area contributed by atoms with Gasteiger partial charge in [0.25, 0.3) is 0 Å². The van der Waals surface area contributed by atoms with E-state index >= 15 is 0 Å². The third-order valence-electron chi connectivity index (χ3n) is 1.98. The fourth-order valence-electron chi connectivity index (χ4n) is 1.29. The molecule has 0 fully saturated rings. The van der Waals surface area contributed by atoms with Crippen molar-refractivity contribution in [3.05, 3.63) is 22.6 Å². The molecule has 1 aliphatic carbocycles. The molecule has 2 rings (SSSR count). The maximum Gasteiger partial charge on any atom is 0.412 e. The van der Waals surface area contributed by atoms with Gasteiger partial charge in [-0.15, -0.1) is 0 Å². The van der Waals surface area contributed by atoms with E-state index in [-0.39, 0.29) is 12.5 Å². The molecule has 0 N–H and O–H groups in total. The highest BCUT2D eigenvalue weighted by Gasteiger charge is 2.37. The Morgan fingerprint density at radius 2 is 2.15 bits per heavy atom. The molecule has 0 radical (unpaired) electrons. The molecule has 0 saturated carbocycles. The minimum atomic E-state index is -4.20. The number of nitrogens with zero attached hydrogens (tertiary/aromatic N) is 1. The van der Waals surface area contributed by atoms with Gasteiger partial charge in [0.2, 0.25) is 0 Å². The highest BCUT2D eigenvalue weighted by Crippen LogP contribution is 2.39. The zero-order valence-electron chi connectivity index (χ0n) is 6.51. The van der Waals surface area contributed by atoms with Crippen molar-refractivity contribution in [2.45, 2.75) is 18.6 Å². The lowest BCUT2D eigenvalue weighted by Gasteiger charge is -2.18. The molecule has 1 nitrogen and oxygen atoms in total. The molecular formula is C8H6F3NS. The molecule has 0 aromatic heterocycles. The number of halogens is 3. The van der Waals surface area contributed by atoms with E-state index in [1.807, 2.05) is 0 Å². The van der Waals surface area contributed by atoms with E-state index in [4.69, 9.17) is 0 Å². The van der Waals surface area contributed by atoms with E-state index < -0.39 is 11.7 Å². The summed E-state index contributed by atoms with van der Waals surface area (Å²) in [4.78, 5) is 4.86. The molecule has 0 bridgehead atoms. The Hall–Kier alpha value is -0.710. The quantitative estimate of drug-likeness (QED) is 0.592. The van der Waals surface area contributed by atoms with Crippen molar-refractivity contribution in [3.8, 4) is 0 Å². The number of hydrogen-bond donors (Lipinski definition) is 0. The summed E-state index contributed by atoms with van der Waals surface area (Å²) < 4.78 is 36.7. The first-order chi connectivity index (χ1) is 6.07. The fourth-order valence-corrected chi connectivity index (χ4v) is 2.07. The number of fused-ring (bicyclic) bond motifs is 1. The Labute approximate surface area is 77.4 Å². The van der Waals surface area contributed by atoms with Gasteiger partial charge in [0.15, 0.2) is 0 Å². The molecule has 1 heterocycles. The van der Waals surface area contributed by atoms with Gasteiger partial charge in [-0.2, -0.15) is 13.2 Å². The van der Waals surface area contributed by atoms with Crippen LogP contribution >= 0.6 is 11.8 Å². The maximum atomic E-state index is 12.2. The monoisotopic (exact) mass is 205 g/mol. The molecule has 0 amide bonds. The van der Waals surface area contributed by atoms with Crippen molar-refractivity contribution in [2.24, 2.45) is 4.99 Å². The molecule has 1 unspecified atom stereocenters. The first-order valence-corrected chi connectivity index (χ1v) is 4.61. The van der Waals surface area contributed by atoms with Crippen LogP contribution in [0.25, 0.3) is 0 Å². The van der Waals surface area contributed by atoms with Crippen molar-refractivity contribution >= 4 is 17.3 Å². The molecule has 2 aliphatic rings. The zero-order valence-corrected chi connectivity index (χ0v) is 7.32. The van der Waals surface area contributed by atoms with Crippen LogP contribution < -0.4 is 0 Å². The summed E-state index contributed by atoms with van der Waals surface area (Å²) in [5.74, 6) is 0. The van der Waals surface area contributed by atoms with Crippen LogP contribution in [0.4, 0.5) is 13.2 Å². The van der Waals surface area contributed by atoms with Crippen molar-refractivity contribution in [1.29, 1.82) is 0 Å². The van der Waals surface area contributed by atoms with E-state index in [9.17, 15) is 13.2 Å². The van der Waals surface area contributed by atoms with Crippen LogP contribution in [-0.2, 0) is 0 Å². The normalized spacial score (nSPS) is 26.8. The van der Waals surface area contributed by atoms with Crippen LogP contribution in [0.3, 0.4) is 0 Å². The topological polar surface area (TPSA) is 12.4 Å². The van der Waals surface area contributed by atoms with Crippen molar-refractivity contribution < 1.29 is 13.2 Å². The maximum absolute atomic E-state index is 12.2. The van der Waals surface area contributed by atoms with Gasteiger partial charge in [-0.1, -0.05) is 17.8 Å². The van der Waals surface area contributed by atoms with Gasteiger partial charge in [0.05, 0.1) is 11.6 Å². The molecular weight excluding hydrogens is 199 g/mol.